The van der Waals surface area contributed by atoms with Gasteiger partial charge in [-0.3, -0.25) is 4.79 Å². The molecule has 1 saturated heterocycles. The van der Waals surface area contributed by atoms with Crippen molar-refractivity contribution in [1.82, 2.24) is 9.47 Å². The smallest absolute Gasteiger partial charge is 0.270 e. The van der Waals surface area contributed by atoms with Crippen molar-refractivity contribution in [2.45, 2.75) is 13.3 Å². The maximum atomic E-state index is 13.1. The predicted octanol–water partition coefficient (Wildman–Crippen LogP) is 2.56. The highest BCUT2D eigenvalue weighted by Crippen LogP contribution is 2.24. The fraction of sp³-hybridized carbons (Fsp3) is 0.261. The van der Waals surface area contributed by atoms with E-state index >= 15 is 0 Å². The number of aliphatic hydroxyl groups is 2. The van der Waals surface area contributed by atoms with E-state index < -0.39 is 0 Å². The van der Waals surface area contributed by atoms with Crippen LogP contribution in [0.1, 0.15) is 16.1 Å². The summed E-state index contributed by atoms with van der Waals surface area (Å²) in [7, 11) is 0. The van der Waals surface area contributed by atoms with Crippen LogP contribution in [0.15, 0.2) is 66.7 Å². The van der Waals surface area contributed by atoms with Crippen LogP contribution in [0.25, 0.3) is 11.3 Å². The lowest BCUT2D eigenvalue weighted by molar-refractivity contribution is 0.0725. The molecular formula is C23H25N3O3. The van der Waals surface area contributed by atoms with Gasteiger partial charge in [-0.1, -0.05) is 42.5 Å². The first-order chi connectivity index (χ1) is 14.2. The number of carbonyl (C=O) groups is 1. The molecule has 0 unspecified atom stereocenters. The Bertz CT molecular complexity index is 976. The Kier molecular flexibility index (Phi) is 5.64. The van der Waals surface area contributed by atoms with Gasteiger partial charge in [0.25, 0.3) is 5.91 Å². The highest BCUT2D eigenvalue weighted by molar-refractivity contribution is 5.94. The van der Waals surface area contributed by atoms with Crippen LogP contribution in [0.5, 0.6) is 0 Å². The van der Waals surface area contributed by atoms with Gasteiger partial charge in [-0.15, -0.1) is 0 Å². The topological polar surface area (TPSA) is 68.9 Å². The minimum Gasteiger partial charge on any atom is -0.392 e. The Balaban J connectivity index is 1.48. The van der Waals surface area contributed by atoms with Crippen LogP contribution < -0.4 is 4.90 Å². The summed E-state index contributed by atoms with van der Waals surface area (Å²) in [5.41, 5.74) is 4.25. The Labute approximate surface area is 170 Å². The summed E-state index contributed by atoms with van der Waals surface area (Å²) in [5.74, 6) is -0.0648. The normalized spacial score (nSPS) is 14.3. The van der Waals surface area contributed by atoms with Crippen LogP contribution in [-0.4, -0.2) is 51.8 Å². The SMILES string of the molecule is O=C(c1ccc(-c2ccccc2)n1CO)N1CCN(c2cccc(CO)c2)CC1. The number of hydrogen-bond donors (Lipinski definition) is 2. The number of amides is 1. The summed E-state index contributed by atoms with van der Waals surface area (Å²) < 4.78 is 1.66. The number of aliphatic hydroxyl groups excluding tert-OH is 2. The van der Waals surface area contributed by atoms with E-state index in [1.54, 1.807) is 10.6 Å². The molecule has 1 amide bonds. The van der Waals surface area contributed by atoms with E-state index in [0.717, 1.165) is 35.6 Å². The Morgan fingerprint density at radius 1 is 0.862 bits per heavy atom. The Morgan fingerprint density at radius 3 is 2.31 bits per heavy atom. The summed E-state index contributed by atoms with van der Waals surface area (Å²) in [6.45, 7) is 2.46. The van der Waals surface area contributed by atoms with E-state index in [1.807, 2.05) is 65.6 Å². The lowest BCUT2D eigenvalue weighted by atomic mass is 10.1. The molecule has 0 saturated carbocycles. The summed E-state index contributed by atoms with van der Waals surface area (Å²) in [4.78, 5) is 17.2. The van der Waals surface area contributed by atoms with Crippen LogP contribution >= 0.6 is 0 Å². The average Bonchev–Trinajstić information content (AvgIpc) is 3.23. The number of aromatic nitrogens is 1. The van der Waals surface area contributed by atoms with Crippen LogP contribution in [0.4, 0.5) is 5.69 Å². The van der Waals surface area contributed by atoms with E-state index in [9.17, 15) is 15.0 Å². The van der Waals surface area contributed by atoms with E-state index in [1.165, 1.54) is 0 Å². The van der Waals surface area contributed by atoms with Crippen molar-refractivity contribution in [1.29, 1.82) is 0 Å². The van der Waals surface area contributed by atoms with Crippen LogP contribution in [-0.2, 0) is 13.3 Å². The molecule has 0 bridgehead atoms. The summed E-state index contributed by atoms with van der Waals surface area (Å²) in [5, 5.41) is 19.2. The minimum atomic E-state index is -0.244. The van der Waals surface area contributed by atoms with Crippen molar-refractivity contribution < 1.29 is 15.0 Å². The van der Waals surface area contributed by atoms with Gasteiger partial charge in [0.05, 0.1) is 12.3 Å². The van der Waals surface area contributed by atoms with Crippen molar-refractivity contribution in [2.24, 2.45) is 0 Å². The molecule has 2 heterocycles. The molecule has 1 aliphatic heterocycles. The first kappa shape index (κ1) is 19.2. The third-order valence-corrected chi connectivity index (χ3v) is 5.44. The Hall–Kier alpha value is -3.09. The maximum absolute atomic E-state index is 13.1. The molecule has 1 fully saturated rings. The highest BCUT2D eigenvalue weighted by Gasteiger charge is 2.25. The molecule has 29 heavy (non-hydrogen) atoms. The zero-order chi connectivity index (χ0) is 20.2. The van der Waals surface area contributed by atoms with Gasteiger partial charge < -0.3 is 24.6 Å². The lowest BCUT2D eigenvalue weighted by Crippen LogP contribution is -2.49. The van der Waals surface area contributed by atoms with Crippen molar-refractivity contribution >= 4 is 11.6 Å². The molecular weight excluding hydrogens is 366 g/mol. The molecule has 4 rings (SSSR count). The lowest BCUT2D eigenvalue weighted by Gasteiger charge is -2.36. The zero-order valence-electron chi connectivity index (χ0n) is 16.2. The number of benzene rings is 2. The molecule has 150 valence electrons. The van der Waals surface area contributed by atoms with E-state index in [-0.39, 0.29) is 19.2 Å². The van der Waals surface area contributed by atoms with Crippen LogP contribution in [0, 0.1) is 0 Å². The third-order valence-electron chi connectivity index (χ3n) is 5.44. The molecule has 0 spiro atoms. The third kappa shape index (κ3) is 3.90. The second-order valence-corrected chi connectivity index (χ2v) is 7.15. The number of anilines is 1. The molecule has 2 aromatic carbocycles. The van der Waals surface area contributed by atoms with Crippen molar-refractivity contribution in [3.05, 3.63) is 78.0 Å². The molecule has 0 aliphatic carbocycles. The fourth-order valence-corrected chi connectivity index (χ4v) is 3.85. The van der Waals surface area contributed by atoms with E-state index in [0.29, 0.717) is 18.8 Å². The van der Waals surface area contributed by atoms with Gasteiger partial charge in [0.1, 0.15) is 12.4 Å². The molecule has 3 aromatic rings. The highest BCUT2D eigenvalue weighted by atomic mass is 16.3. The molecule has 0 radical (unpaired) electrons. The number of piperazine rings is 1. The standard InChI is InChI=1S/C23H25N3O3/c27-16-18-5-4-8-20(15-18)24-11-13-25(14-12-24)23(29)22-10-9-21(26(22)17-28)19-6-2-1-3-7-19/h1-10,15,27-28H,11-14,16-17H2. The first-order valence-electron chi connectivity index (χ1n) is 9.81. The van der Waals surface area contributed by atoms with Crippen LogP contribution in [0.3, 0.4) is 0 Å². The molecule has 2 N–H and O–H groups in total. The average molecular weight is 391 g/mol. The van der Waals surface area contributed by atoms with Gasteiger partial charge in [0.2, 0.25) is 0 Å². The number of rotatable bonds is 5. The largest absolute Gasteiger partial charge is 0.392 e. The molecule has 1 aromatic heterocycles. The predicted molar refractivity (Wildman–Crippen MR) is 113 cm³/mol. The molecule has 6 nitrogen and oxygen atoms in total. The monoisotopic (exact) mass is 391 g/mol. The van der Waals surface area contributed by atoms with Gasteiger partial charge in [-0.2, -0.15) is 0 Å². The van der Waals surface area contributed by atoms with Gasteiger partial charge in [-0.05, 0) is 35.4 Å². The summed E-state index contributed by atoms with van der Waals surface area (Å²) in [6, 6.07) is 21.3. The van der Waals surface area contributed by atoms with E-state index in [4.69, 9.17) is 0 Å². The molecule has 1 aliphatic rings. The Morgan fingerprint density at radius 2 is 1.62 bits per heavy atom. The minimum absolute atomic E-state index is 0.0220. The molecule has 6 heteroatoms. The van der Waals surface area contributed by atoms with E-state index in [2.05, 4.69) is 4.90 Å². The van der Waals surface area contributed by atoms with Crippen LogP contribution in [0.2, 0.25) is 0 Å². The zero-order valence-corrected chi connectivity index (χ0v) is 16.2. The van der Waals surface area contributed by atoms with Gasteiger partial charge in [0.15, 0.2) is 0 Å². The summed E-state index contributed by atoms with van der Waals surface area (Å²) in [6.07, 6.45) is 0. The quantitative estimate of drug-likeness (QED) is 0.701. The van der Waals surface area contributed by atoms with Crippen molar-refractivity contribution in [2.75, 3.05) is 31.1 Å². The van der Waals surface area contributed by atoms with Gasteiger partial charge >= 0.3 is 0 Å². The number of carbonyl (C=O) groups excluding carboxylic acids is 1. The molecule has 0 atom stereocenters. The second-order valence-electron chi connectivity index (χ2n) is 7.15. The first-order valence-corrected chi connectivity index (χ1v) is 9.81. The summed E-state index contributed by atoms with van der Waals surface area (Å²) >= 11 is 0. The second kappa shape index (κ2) is 8.51. The van der Waals surface area contributed by atoms with Gasteiger partial charge in [0, 0.05) is 31.9 Å². The maximum Gasteiger partial charge on any atom is 0.270 e. The van der Waals surface area contributed by atoms with Crippen molar-refractivity contribution in [3.63, 3.8) is 0 Å². The van der Waals surface area contributed by atoms with Crippen molar-refractivity contribution in [3.8, 4) is 11.3 Å². The number of nitrogens with zero attached hydrogens (tertiary/aromatic N) is 3. The van der Waals surface area contributed by atoms with Gasteiger partial charge in [-0.25, -0.2) is 0 Å². The fourth-order valence-electron chi connectivity index (χ4n) is 3.85. The number of hydrogen-bond acceptors (Lipinski definition) is 4.